The van der Waals surface area contributed by atoms with Crippen LogP contribution in [0.5, 0.6) is 5.75 Å². The zero-order chi connectivity index (χ0) is 23.6. The lowest BCUT2D eigenvalue weighted by molar-refractivity contribution is 0.0488. The van der Waals surface area contributed by atoms with Crippen LogP contribution in [0.4, 0.5) is 0 Å². The lowest BCUT2D eigenvalue weighted by Crippen LogP contribution is -2.32. The molecule has 1 saturated carbocycles. The molecule has 2 aliphatic rings. The fourth-order valence-corrected chi connectivity index (χ4v) is 5.86. The Morgan fingerprint density at radius 3 is 2.12 bits per heavy atom. The van der Waals surface area contributed by atoms with Gasteiger partial charge in [-0.05, 0) is 92.8 Å². The molecule has 0 saturated heterocycles. The zero-order valence-corrected chi connectivity index (χ0v) is 20.9. The SMILES string of the molecule is CCCCC1(CCCC)c2cc(OC3CCCC3)ccc2-c2ccc(C(=O)C(C)(C)O)cc21. The fraction of sp³-hybridized carbons (Fsp3) is 0.567. The van der Waals surface area contributed by atoms with Gasteiger partial charge in [-0.2, -0.15) is 0 Å². The summed E-state index contributed by atoms with van der Waals surface area (Å²) in [6.07, 6.45) is 11.8. The molecular weight excluding hydrogens is 408 g/mol. The summed E-state index contributed by atoms with van der Waals surface area (Å²) in [5, 5.41) is 10.4. The van der Waals surface area contributed by atoms with Crippen LogP contribution >= 0.6 is 0 Å². The Morgan fingerprint density at radius 1 is 0.970 bits per heavy atom. The van der Waals surface area contributed by atoms with Gasteiger partial charge in [-0.3, -0.25) is 4.79 Å². The molecule has 0 atom stereocenters. The first-order chi connectivity index (χ1) is 15.8. The molecular formula is C30H40O3. The van der Waals surface area contributed by atoms with Gasteiger partial charge in [0, 0.05) is 11.0 Å². The van der Waals surface area contributed by atoms with E-state index in [-0.39, 0.29) is 11.2 Å². The van der Waals surface area contributed by atoms with Gasteiger partial charge in [0.2, 0.25) is 0 Å². The van der Waals surface area contributed by atoms with E-state index in [0.717, 1.165) is 57.1 Å². The number of carbonyl (C=O) groups excluding carboxylic acids is 1. The summed E-state index contributed by atoms with van der Waals surface area (Å²) in [5.41, 5.74) is 4.25. The van der Waals surface area contributed by atoms with Crippen molar-refractivity contribution in [3.8, 4) is 16.9 Å². The molecule has 2 aromatic rings. The highest BCUT2D eigenvalue weighted by molar-refractivity contribution is 6.02. The van der Waals surface area contributed by atoms with Crippen LogP contribution in [-0.4, -0.2) is 22.6 Å². The zero-order valence-electron chi connectivity index (χ0n) is 20.9. The first-order valence-corrected chi connectivity index (χ1v) is 13.0. The van der Waals surface area contributed by atoms with Crippen LogP contribution < -0.4 is 4.74 Å². The van der Waals surface area contributed by atoms with Gasteiger partial charge in [-0.25, -0.2) is 0 Å². The van der Waals surface area contributed by atoms with Crippen molar-refractivity contribution in [3.63, 3.8) is 0 Å². The van der Waals surface area contributed by atoms with Crippen LogP contribution in [-0.2, 0) is 5.41 Å². The lowest BCUT2D eigenvalue weighted by atomic mass is 9.70. The van der Waals surface area contributed by atoms with Crippen LogP contribution in [0.25, 0.3) is 11.1 Å². The second-order valence-corrected chi connectivity index (χ2v) is 10.7. The normalized spacial score (nSPS) is 17.1. The molecule has 3 nitrogen and oxygen atoms in total. The fourth-order valence-electron chi connectivity index (χ4n) is 5.86. The summed E-state index contributed by atoms with van der Waals surface area (Å²) in [4.78, 5) is 13.0. The van der Waals surface area contributed by atoms with E-state index in [0.29, 0.717) is 11.7 Å². The molecule has 2 aromatic carbocycles. The molecule has 0 amide bonds. The maximum atomic E-state index is 13.0. The monoisotopic (exact) mass is 448 g/mol. The first kappa shape index (κ1) is 24.0. The van der Waals surface area contributed by atoms with Crippen molar-refractivity contribution in [3.05, 3.63) is 53.1 Å². The number of rotatable bonds is 10. The van der Waals surface area contributed by atoms with E-state index in [1.807, 2.05) is 6.07 Å². The quantitative estimate of drug-likeness (QED) is 0.380. The Hall–Kier alpha value is -2.13. The van der Waals surface area contributed by atoms with Crippen LogP contribution in [0, 0.1) is 0 Å². The highest BCUT2D eigenvalue weighted by Gasteiger charge is 2.43. The topological polar surface area (TPSA) is 46.5 Å². The number of Topliss-reactive ketones (excluding diaryl/α,β-unsaturated/α-hetero) is 1. The number of ether oxygens (including phenoxy) is 1. The Balaban J connectivity index is 1.83. The highest BCUT2D eigenvalue weighted by Crippen LogP contribution is 2.55. The minimum Gasteiger partial charge on any atom is -0.490 e. The smallest absolute Gasteiger partial charge is 0.193 e. The van der Waals surface area contributed by atoms with Crippen molar-refractivity contribution in [2.24, 2.45) is 0 Å². The second-order valence-electron chi connectivity index (χ2n) is 10.7. The molecule has 1 fully saturated rings. The number of fused-ring (bicyclic) bond motifs is 3. The van der Waals surface area contributed by atoms with E-state index in [1.165, 1.54) is 35.1 Å². The minimum absolute atomic E-state index is 0.110. The Labute approximate surface area is 199 Å². The van der Waals surface area contributed by atoms with Crippen molar-refractivity contribution in [1.29, 1.82) is 0 Å². The first-order valence-electron chi connectivity index (χ1n) is 13.0. The standard InChI is InChI=1S/C30H40O3/c1-5-7-17-30(18-8-6-2)26-19-21(28(31)29(3,4)32)13-15-24(26)25-16-14-23(20-27(25)30)33-22-11-9-10-12-22/h13-16,19-20,22,32H,5-12,17-18H2,1-4H3. The number of carbonyl (C=O) groups is 1. The van der Waals surface area contributed by atoms with Crippen LogP contribution in [0.3, 0.4) is 0 Å². The van der Waals surface area contributed by atoms with Crippen LogP contribution in [0.15, 0.2) is 36.4 Å². The van der Waals surface area contributed by atoms with Crippen molar-refractivity contribution in [1.82, 2.24) is 0 Å². The molecule has 33 heavy (non-hydrogen) atoms. The second kappa shape index (κ2) is 9.62. The number of unbranched alkanes of at least 4 members (excludes halogenated alkanes) is 2. The van der Waals surface area contributed by atoms with Gasteiger partial charge in [-0.1, -0.05) is 57.7 Å². The van der Waals surface area contributed by atoms with Crippen LogP contribution in [0.1, 0.15) is 113 Å². The van der Waals surface area contributed by atoms with Gasteiger partial charge in [0.25, 0.3) is 0 Å². The van der Waals surface area contributed by atoms with Gasteiger partial charge in [0.05, 0.1) is 6.10 Å². The largest absolute Gasteiger partial charge is 0.490 e. The maximum absolute atomic E-state index is 13.0. The van der Waals surface area contributed by atoms with E-state index in [4.69, 9.17) is 4.74 Å². The van der Waals surface area contributed by atoms with E-state index in [1.54, 1.807) is 13.8 Å². The molecule has 0 bridgehead atoms. The number of benzene rings is 2. The van der Waals surface area contributed by atoms with Crippen molar-refractivity contribution < 1.29 is 14.6 Å². The highest BCUT2D eigenvalue weighted by atomic mass is 16.5. The summed E-state index contributed by atoms with van der Waals surface area (Å²) < 4.78 is 6.42. The molecule has 1 N–H and O–H groups in total. The predicted octanol–water partition coefficient (Wildman–Crippen LogP) is 7.61. The third kappa shape index (κ3) is 4.62. The lowest BCUT2D eigenvalue weighted by Gasteiger charge is -2.33. The van der Waals surface area contributed by atoms with Crippen molar-refractivity contribution in [2.75, 3.05) is 0 Å². The van der Waals surface area contributed by atoms with Gasteiger partial charge < -0.3 is 9.84 Å². The summed E-state index contributed by atoms with van der Waals surface area (Å²) in [5.74, 6) is 0.769. The molecule has 0 radical (unpaired) electrons. The molecule has 178 valence electrons. The molecule has 3 heteroatoms. The van der Waals surface area contributed by atoms with Gasteiger partial charge in [0.1, 0.15) is 11.4 Å². The van der Waals surface area contributed by atoms with Crippen LogP contribution in [0.2, 0.25) is 0 Å². The maximum Gasteiger partial charge on any atom is 0.193 e. The molecule has 0 unspecified atom stereocenters. The number of hydrogen-bond donors (Lipinski definition) is 1. The molecule has 0 aliphatic heterocycles. The van der Waals surface area contributed by atoms with Crippen molar-refractivity contribution in [2.45, 2.75) is 109 Å². The molecule has 2 aliphatic carbocycles. The van der Waals surface area contributed by atoms with E-state index in [2.05, 4.69) is 44.2 Å². The number of ketones is 1. The molecule has 4 rings (SSSR count). The predicted molar refractivity (Wildman–Crippen MR) is 135 cm³/mol. The number of hydrogen-bond acceptors (Lipinski definition) is 3. The molecule has 0 spiro atoms. The average molecular weight is 449 g/mol. The van der Waals surface area contributed by atoms with E-state index >= 15 is 0 Å². The number of aliphatic hydroxyl groups is 1. The summed E-state index contributed by atoms with van der Waals surface area (Å²) in [6, 6.07) is 12.7. The minimum atomic E-state index is -1.38. The Morgan fingerprint density at radius 2 is 1.55 bits per heavy atom. The Bertz CT molecular complexity index is 984. The third-order valence-electron chi connectivity index (χ3n) is 7.67. The van der Waals surface area contributed by atoms with Gasteiger partial charge in [-0.15, -0.1) is 0 Å². The van der Waals surface area contributed by atoms with Gasteiger partial charge in [0.15, 0.2) is 5.78 Å². The van der Waals surface area contributed by atoms with Crippen molar-refractivity contribution >= 4 is 5.78 Å². The summed E-state index contributed by atoms with van der Waals surface area (Å²) in [6.45, 7) is 7.65. The van der Waals surface area contributed by atoms with E-state index < -0.39 is 5.60 Å². The molecule has 0 heterocycles. The third-order valence-corrected chi connectivity index (χ3v) is 7.67. The average Bonchev–Trinajstić information content (AvgIpc) is 3.40. The Kier molecular flexibility index (Phi) is 7.00. The summed E-state index contributed by atoms with van der Waals surface area (Å²) in [7, 11) is 0. The van der Waals surface area contributed by atoms with Gasteiger partial charge >= 0.3 is 0 Å². The summed E-state index contributed by atoms with van der Waals surface area (Å²) >= 11 is 0. The van der Waals surface area contributed by atoms with E-state index in [9.17, 15) is 9.90 Å². The molecule has 0 aromatic heterocycles.